The Morgan fingerprint density at radius 1 is 0.932 bits per heavy atom. The molecule has 5 amide bonds. The van der Waals surface area contributed by atoms with E-state index in [-0.39, 0.29) is 62.3 Å². The third-order valence-electron chi connectivity index (χ3n) is 13.6. The fraction of sp³-hybridized carbons (Fsp3) is 0.481. The van der Waals surface area contributed by atoms with Crippen LogP contribution >= 0.6 is 11.3 Å². The van der Waals surface area contributed by atoms with Crippen molar-refractivity contribution >= 4 is 58.2 Å². The molecule has 74 heavy (non-hydrogen) atoms. The van der Waals surface area contributed by atoms with Gasteiger partial charge in [0.1, 0.15) is 18.7 Å². The number of methoxy groups -OCH3 is 1. The van der Waals surface area contributed by atoms with Gasteiger partial charge in [0.25, 0.3) is 11.8 Å². The monoisotopic (exact) mass is 1030 g/mol. The second-order valence-electron chi connectivity index (χ2n) is 19.9. The highest BCUT2D eigenvalue weighted by Gasteiger charge is 2.42. The summed E-state index contributed by atoms with van der Waals surface area (Å²) >= 11 is 1.59. The van der Waals surface area contributed by atoms with E-state index in [9.17, 15) is 24.0 Å². The zero-order valence-corrected chi connectivity index (χ0v) is 44.0. The Labute approximate surface area is 434 Å². The molecule has 394 valence electrons. The maximum absolute atomic E-state index is 14.0. The topological polar surface area (TPSA) is 253 Å². The quantitative estimate of drug-likeness (QED) is 0.0699. The average molecular weight is 1030 g/mol. The van der Waals surface area contributed by atoms with Crippen LogP contribution in [-0.2, 0) is 50.3 Å². The minimum absolute atomic E-state index is 0.0897. The van der Waals surface area contributed by atoms with Crippen molar-refractivity contribution < 1.29 is 38.2 Å². The molecule has 5 aromatic rings. The van der Waals surface area contributed by atoms with Crippen LogP contribution in [0.25, 0.3) is 21.8 Å². The van der Waals surface area contributed by atoms with Gasteiger partial charge in [0, 0.05) is 70.3 Å². The molecule has 3 aliphatic rings. The van der Waals surface area contributed by atoms with E-state index in [1.165, 1.54) is 7.11 Å². The summed E-state index contributed by atoms with van der Waals surface area (Å²) in [6, 6.07) is 10.2. The van der Waals surface area contributed by atoms with Crippen LogP contribution in [0.4, 0.5) is 17.3 Å². The molecule has 22 heteroatoms. The van der Waals surface area contributed by atoms with Crippen molar-refractivity contribution in [3.63, 3.8) is 0 Å². The summed E-state index contributed by atoms with van der Waals surface area (Å²) in [4.78, 5) is 87.8. The summed E-state index contributed by atoms with van der Waals surface area (Å²) in [5, 5.41) is 16.5. The number of hydrogen-bond acceptors (Lipinski definition) is 16. The molecule has 0 saturated carbocycles. The number of thiazole rings is 1. The van der Waals surface area contributed by atoms with E-state index in [1.807, 2.05) is 69.6 Å². The lowest BCUT2D eigenvalue weighted by molar-refractivity contribution is -0.144. The lowest BCUT2D eigenvalue weighted by atomic mass is 9.85. The van der Waals surface area contributed by atoms with E-state index in [4.69, 9.17) is 24.9 Å². The van der Waals surface area contributed by atoms with Gasteiger partial charge in [-0.05, 0) is 73.9 Å². The number of carbonyl (C=O) groups excluding carboxylic acids is 5. The predicted octanol–water partition coefficient (Wildman–Crippen LogP) is 3.61. The summed E-state index contributed by atoms with van der Waals surface area (Å²) in [6.45, 7) is 11.8. The lowest BCUT2D eigenvalue weighted by Crippen LogP contribution is -2.58. The first-order valence-electron chi connectivity index (χ1n) is 25.0. The third kappa shape index (κ3) is 12.3. The van der Waals surface area contributed by atoms with Crippen LogP contribution < -0.4 is 36.6 Å². The molecule has 0 spiro atoms. The number of nitrogens with two attached hydrogens (primary N) is 1. The number of nitrogens with one attached hydrogen (secondary N) is 4. The highest BCUT2D eigenvalue weighted by molar-refractivity contribution is 7.13. The number of aromatic nitrogens is 5. The van der Waals surface area contributed by atoms with Crippen LogP contribution in [0, 0.1) is 12.3 Å². The van der Waals surface area contributed by atoms with E-state index in [0.717, 1.165) is 64.7 Å². The van der Waals surface area contributed by atoms with Gasteiger partial charge >= 0.3 is 0 Å². The number of amides is 5. The number of carbonyl (C=O) groups is 5. The van der Waals surface area contributed by atoms with E-state index < -0.39 is 29.3 Å². The van der Waals surface area contributed by atoms with Gasteiger partial charge in [-0.25, -0.2) is 15.0 Å². The van der Waals surface area contributed by atoms with Crippen LogP contribution in [0.3, 0.4) is 0 Å². The van der Waals surface area contributed by atoms with Gasteiger partial charge in [-0.1, -0.05) is 45.0 Å². The molecule has 8 rings (SSSR count). The summed E-state index contributed by atoms with van der Waals surface area (Å²) in [5.74, 6) is -1.43. The normalized spacial score (nSPS) is 16.0. The Kier molecular flexibility index (Phi) is 16.9. The zero-order valence-electron chi connectivity index (χ0n) is 43.2. The lowest BCUT2D eigenvalue weighted by Gasteiger charge is -2.35. The number of likely N-dealkylation sites (tertiary alicyclic amines) is 1. The van der Waals surface area contributed by atoms with Crippen LogP contribution in [0.15, 0.2) is 48.1 Å². The predicted molar refractivity (Wildman–Crippen MR) is 280 cm³/mol. The van der Waals surface area contributed by atoms with E-state index >= 15 is 0 Å². The first-order valence-corrected chi connectivity index (χ1v) is 25.8. The van der Waals surface area contributed by atoms with Gasteiger partial charge < -0.3 is 55.9 Å². The summed E-state index contributed by atoms with van der Waals surface area (Å²) in [6.07, 6.45) is 4.16. The minimum atomic E-state index is -0.894. The number of piperazine rings is 1. The molecule has 1 aliphatic carbocycles. The smallest absolute Gasteiger partial charge is 0.269 e. The second kappa shape index (κ2) is 23.5. The number of hydrogen-bond donors (Lipinski definition) is 5. The Morgan fingerprint density at radius 2 is 1.69 bits per heavy atom. The number of rotatable bonds is 20. The summed E-state index contributed by atoms with van der Waals surface area (Å²) in [7, 11) is 5.32. The molecule has 3 aromatic heterocycles. The van der Waals surface area contributed by atoms with E-state index in [0.29, 0.717) is 67.2 Å². The second-order valence-corrected chi connectivity index (χ2v) is 20.7. The number of benzene rings is 2. The minimum Gasteiger partial charge on any atom is -0.494 e. The maximum atomic E-state index is 14.0. The van der Waals surface area contributed by atoms with Gasteiger partial charge in [-0.3, -0.25) is 28.7 Å². The molecule has 0 bridgehead atoms. The van der Waals surface area contributed by atoms with Crippen LogP contribution in [0.2, 0.25) is 0 Å². The molecule has 21 nitrogen and oxygen atoms in total. The number of ether oxygens (including phenoxy) is 3. The number of anilines is 3. The fourth-order valence-corrected chi connectivity index (χ4v) is 10.4. The van der Waals surface area contributed by atoms with Crippen LogP contribution in [-0.4, -0.2) is 156 Å². The number of fused-ring (bicyclic) bond motifs is 3. The first kappa shape index (κ1) is 53.3. The van der Waals surface area contributed by atoms with Crippen molar-refractivity contribution in [1.82, 2.24) is 50.5 Å². The standard InChI is InChI=1S/C52H67N13O8S/c1-31-45(74-30-57-31)33-12-10-32(11-13-33)27-55-49(69)39-9-8-17-65(39)50(70)46(52(2,3)4)59-40(66)29-73-24-23-72-22-16-54-48(68)37-25-35(64-20-18-62(5)19-21-64)26-38(44(37)71-7)58-51-56-28-34-14-15-36-42(47(53)67)61-63(6)43(36)41(34)60-51/h10-13,25-26,28,30,39,46H,8-9,14-24,27,29H2,1-7H3,(H2,53,67)(H,54,68)(H,55,69)(H,59,66)(H,56,58,60)/t39-,46+/m0/s1. The molecule has 2 saturated heterocycles. The van der Waals surface area contributed by atoms with Gasteiger partial charge in [-0.2, -0.15) is 5.10 Å². The van der Waals surface area contributed by atoms with Crippen molar-refractivity contribution in [2.24, 2.45) is 18.2 Å². The Hall–Kier alpha value is -7.01. The van der Waals surface area contributed by atoms with Crippen LogP contribution in [0.1, 0.15) is 76.8 Å². The Bertz CT molecular complexity index is 2850. The molecule has 2 atom stereocenters. The van der Waals surface area contributed by atoms with Gasteiger partial charge in [0.05, 0.1) is 65.7 Å². The largest absolute Gasteiger partial charge is 0.494 e. The van der Waals surface area contributed by atoms with Crippen LogP contribution in [0.5, 0.6) is 5.75 Å². The van der Waals surface area contributed by atoms with Crippen molar-refractivity contribution in [2.45, 2.75) is 72.0 Å². The molecular formula is C52H67N13O8S. The summed E-state index contributed by atoms with van der Waals surface area (Å²) in [5.41, 5.74) is 14.6. The molecule has 6 N–H and O–H groups in total. The van der Waals surface area contributed by atoms with Gasteiger partial charge in [0.15, 0.2) is 11.4 Å². The molecule has 2 fully saturated rings. The molecule has 0 unspecified atom stereocenters. The Morgan fingerprint density at radius 3 is 2.39 bits per heavy atom. The zero-order chi connectivity index (χ0) is 52.7. The fourth-order valence-electron chi connectivity index (χ4n) is 9.57. The van der Waals surface area contributed by atoms with Crippen molar-refractivity contribution in [2.75, 3.05) is 90.1 Å². The maximum Gasteiger partial charge on any atom is 0.269 e. The SMILES string of the molecule is COc1c(Nc2ncc3c(n2)-c2c(c(C(N)=O)nn2C)CC3)cc(N2CCN(C)CC2)cc1C(=O)NCCOCCOCC(=O)N[C@H](C(=O)N1CCC[C@H]1C(=O)NCc1ccc(-c2scnc2C)cc1)C(C)(C)C. The number of primary amides is 1. The molecular weight excluding hydrogens is 967 g/mol. The van der Waals surface area contributed by atoms with E-state index in [2.05, 4.69) is 53.2 Å². The highest BCUT2D eigenvalue weighted by Crippen LogP contribution is 2.38. The Balaban J connectivity index is 0.814. The molecule has 2 aliphatic heterocycles. The van der Waals surface area contributed by atoms with Crippen molar-refractivity contribution in [3.05, 3.63) is 81.7 Å². The molecule has 2 aromatic carbocycles. The van der Waals surface area contributed by atoms with Gasteiger partial charge in [0.2, 0.25) is 23.7 Å². The number of likely N-dealkylation sites (N-methyl/N-ethyl adjacent to an activating group) is 1. The average Bonchev–Trinajstić information content (AvgIpc) is 4.14. The van der Waals surface area contributed by atoms with Gasteiger partial charge in [-0.15, -0.1) is 11.3 Å². The van der Waals surface area contributed by atoms with Crippen molar-refractivity contribution in [1.29, 1.82) is 0 Å². The first-order chi connectivity index (χ1) is 35.5. The summed E-state index contributed by atoms with van der Waals surface area (Å²) < 4.78 is 18.9. The molecule has 5 heterocycles. The van der Waals surface area contributed by atoms with E-state index in [1.54, 1.807) is 34.2 Å². The van der Waals surface area contributed by atoms with Crippen molar-refractivity contribution in [3.8, 4) is 27.6 Å². The third-order valence-corrected chi connectivity index (χ3v) is 14.5. The highest BCUT2D eigenvalue weighted by atomic mass is 32.1. The number of nitrogens with zero attached hydrogens (tertiary/aromatic N) is 8. The number of aryl methyl sites for hydroxylation is 3. The molecule has 0 radical (unpaired) electrons.